The molecular weight excluding hydrogens is 294 g/mol. The molecule has 0 saturated heterocycles. The van der Waals surface area contributed by atoms with E-state index < -0.39 is 0 Å². The van der Waals surface area contributed by atoms with Crippen molar-refractivity contribution in [1.82, 2.24) is 5.32 Å². The van der Waals surface area contributed by atoms with E-state index in [1.807, 2.05) is 37.3 Å². The summed E-state index contributed by atoms with van der Waals surface area (Å²) in [6.07, 6.45) is 2.48. The van der Waals surface area contributed by atoms with Gasteiger partial charge in [0.1, 0.15) is 17.3 Å². The zero-order valence-corrected chi connectivity index (χ0v) is 13.5. The highest BCUT2D eigenvalue weighted by Gasteiger charge is 2.46. The van der Waals surface area contributed by atoms with Crippen LogP contribution in [0.3, 0.4) is 0 Å². The number of hydrogen-bond acceptors (Lipinski definition) is 4. The summed E-state index contributed by atoms with van der Waals surface area (Å²) >= 11 is 0. The molecular formula is C18H21NO4. The van der Waals surface area contributed by atoms with E-state index in [0.29, 0.717) is 0 Å². The van der Waals surface area contributed by atoms with Crippen molar-refractivity contribution in [1.29, 1.82) is 0 Å². The van der Waals surface area contributed by atoms with Crippen molar-refractivity contribution in [2.24, 2.45) is 5.92 Å². The fourth-order valence-electron chi connectivity index (χ4n) is 2.88. The van der Waals surface area contributed by atoms with E-state index in [1.165, 1.54) is 0 Å². The summed E-state index contributed by atoms with van der Waals surface area (Å²) < 4.78 is 16.0. The molecule has 1 heterocycles. The second kappa shape index (κ2) is 6.36. The van der Waals surface area contributed by atoms with Gasteiger partial charge in [0.25, 0.3) is 0 Å². The van der Waals surface area contributed by atoms with Crippen molar-refractivity contribution in [3.63, 3.8) is 0 Å². The molecule has 122 valence electrons. The van der Waals surface area contributed by atoms with Gasteiger partial charge in [0.05, 0.1) is 26.5 Å². The molecule has 5 nitrogen and oxygen atoms in total. The zero-order chi connectivity index (χ0) is 16.4. The number of furan rings is 1. The van der Waals surface area contributed by atoms with Crippen LogP contribution in [0, 0.1) is 5.92 Å². The van der Waals surface area contributed by atoms with Crippen molar-refractivity contribution in [2.75, 3.05) is 14.2 Å². The molecule has 5 heteroatoms. The lowest BCUT2D eigenvalue weighted by atomic mass is 10.1. The third-order valence-electron chi connectivity index (χ3n) is 4.30. The van der Waals surface area contributed by atoms with Gasteiger partial charge in [-0.05, 0) is 43.7 Å². The number of carbonyl (C=O) groups excluding carboxylic acids is 1. The Kier molecular flexibility index (Phi) is 4.28. The van der Waals surface area contributed by atoms with Crippen LogP contribution in [0.5, 0.6) is 11.5 Å². The highest BCUT2D eigenvalue weighted by molar-refractivity contribution is 5.83. The molecule has 1 saturated carbocycles. The predicted octanol–water partition coefficient (Wildman–Crippen LogP) is 3.28. The first-order chi connectivity index (χ1) is 11.1. The van der Waals surface area contributed by atoms with Crippen molar-refractivity contribution < 1.29 is 18.7 Å². The fourth-order valence-corrected chi connectivity index (χ4v) is 2.88. The minimum Gasteiger partial charge on any atom is -0.497 e. The maximum atomic E-state index is 12.4. The van der Waals surface area contributed by atoms with Gasteiger partial charge >= 0.3 is 0 Å². The number of benzene rings is 1. The second-order valence-corrected chi connectivity index (χ2v) is 5.80. The molecule has 1 aromatic heterocycles. The van der Waals surface area contributed by atoms with Gasteiger partial charge in [0.15, 0.2) is 0 Å². The van der Waals surface area contributed by atoms with E-state index in [4.69, 9.17) is 13.9 Å². The molecule has 0 spiro atoms. The van der Waals surface area contributed by atoms with Crippen LogP contribution in [0.15, 0.2) is 41.0 Å². The van der Waals surface area contributed by atoms with E-state index in [0.717, 1.165) is 29.2 Å². The minimum atomic E-state index is -0.162. The largest absolute Gasteiger partial charge is 0.497 e. The monoisotopic (exact) mass is 315 g/mol. The summed E-state index contributed by atoms with van der Waals surface area (Å²) in [5.41, 5.74) is 0.899. The molecule has 1 fully saturated rings. The number of nitrogens with one attached hydrogen (secondary N) is 1. The van der Waals surface area contributed by atoms with Crippen LogP contribution >= 0.6 is 0 Å². The van der Waals surface area contributed by atoms with Crippen LogP contribution in [-0.4, -0.2) is 20.1 Å². The second-order valence-electron chi connectivity index (χ2n) is 5.80. The van der Waals surface area contributed by atoms with Gasteiger partial charge in [0, 0.05) is 17.4 Å². The van der Waals surface area contributed by atoms with Gasteiger partial charge in [-0.3, -0.25) is 4.79 Å². The lowest BCUT2D eigenvalue weighted by Gasteiger charge is -2.18. The van der Waals surface area contributed by atoms with Crippen LogP contribution in [0.4, 0.5) is 0 Å². The highest BCUT2D eigenvalue weighted by atomic mass is 16.5. The molecule has 3 atom stereocenters. The first-order valence-electron chi connectivity index (χ1n) is 7.69. The van der Waals surface area contributed by atoms with Crippen molar-refractivity contribution in [3.05, 3.63) is 47.9 Å². The summed E-state index contributed by atoms with van der Waals surface area (Å²) in [5.74, 6) is 2.59. The van der Waals surface area contributed by atoms with E-state index in [1.54, 1.807) is 20.5 Å². The van der Waals surface area contributed by atoms with Crippen LogP contribution in [0.1, 0.15) is 36.6 Å². The molecule has 23 heavy (non-hydrogen) atoms. The van der Waals surface area contributed by atoms with Gasteiger partial charge in [-0.2, -0.15) is 0 Å². The molecule has 1 N–H and O–H groups in total. The van der Waals surface area contributed by atoms with Crippen LogP contribution in [-0.2, 0) is 4.79 Å². The van der Waals surface area contributed by atoms with Gasteiger partial charge < -0.3 is 19.2 Å². The van der Waals surface area contributed by atoms with Gasteiger partial charge in [0.2, 0.25) is 5.91 Å². The molecule has 3 unspecified atom stereocenters. The van der Waals surface area contributed by atoms with Crippen molar-refractivity contribution in [3.8, 4) is 11.5 Å². The van der Waals surface area contributed by atoms with Crippen molar-refractivity contribution in [2.45, 2.75) is 25.3 Å². The Morgan fingerprint density at radius 1 is 1.30 bits per heavy atom. The number of carbonyl (C=O) groups is 1. The maximum Gasteiger partial charge on any atom is 0.224 e. The van der Waals surface area contributed by atoms with Gasteiger partial charge in [-0.25, -0.2) is 0 Å². The summed E-state index contributed by atoms with van der Waals surface area (Å²) in [4.78, 5) is 12.4. The average Bonchev–Trinajstić information content (AvgIpc) is 3.19. The zero-order valence-electron chi connectivity index (χ0n) is 13.5. The van der Waals surface area contributed by atoms with Crippen LogP contribution < -0.4 is 14.8 Å². The smallest absolute Gasteiger partial charge is 0.224 e. The first-order valence-corrected chi connectivity index (χ1v) is 7.69. The highest BCUT2D eigenvalue weighted by Crippen LogP contribution is 2.48. The van der Waals surface area contributed by atoms with Crippen LogP contribution in [0.2, 0.25) is 0 Å². The summed E-state index contributed by atoms with van der Waals surface area (Å²) in [6.45, 7) is 1.94. The Morgan fingerprint density at radius 2 is 2.13 bits per heavy atom. The number of ether oxygens (including phenoxy) is 2. The number of methoxy groups -OCH3 is 2. The molecule has 1 amide bonds. The Morgan fingerprint density at radius 3 is 2.78 bits per heavy atom. The van der Waals surface area contributed by atoms with Gasteiger partial charge in [-0.1, -0.05) is 0 Å². The lowest BCUT2D eigenvalue weighted by molar-refractivity contribution is -0.123. The SMILES string of the molecule is COc1ccc(OC)c(C(C)NC(=O)C2CC2c2ccco2)c1. The minimum absolute atomic E-state index is 0.0137. The summed E-state index contributed by atoms with van der Waals surface area (Å²) in [7, 11) is 3.24. The molecule has 0 radical (unpaired) electrons. The molecule has 3 rings (SSSR count). The number of hydrogen-bond donors (Lipinski definition) is 1. The van der Waals surface area contributed by atoms with Crippen LogP contribution in [0.25, 0.3) is 0 Å². The average molecular weight is 315 g/mol. The fraction of sp³-hybridized carbons (Fsp3) is 0.389. The first kappa shape index (κ1) is 15.5. The Balaban J connectivity index is 1.67. The van der Waals surface area contributed by atoms with Crippen molar-refractivity contribution >= 4 is 5.91 Å². The maximum absolute atomic E-state index is 12.4. The topological polar surface area (TPSA) is 60.7 Å². The summed E-state index contributed by atoms with van der Waals surface area (Å²) in [5, 5.41) is 3.06. The van der Waals surface area contributed by atoms with E-state index in [-0.39, 0.29) is 23.8 Å². The standard InChI is InChI=1S/C18H21NO4/c1-11(13-9-12(21-2)6-7-16(13)22-3)19-18(20)15-10-14(15)17-5-4-8-23-17/h4-9,11,14-15H,10H2,1-3H3,(H,19,20). The Bertz CT molecular complexity index is 680. The quantitative estimate of drug-likeness (QED) is 0.888. The Labute approximate surface area is 135 Å². The third-order valence-corrected chi connectivity index (χ3v) is 4.30. The predicted molar refractivity (Wildman–Crippen MR) is 85.7 cm³/mol. The molecule has 1 aromatic carbocycles. The molecule has 2 aromatic rings. The van der Waals surface area contributed by atoms with E-state index in [2.05, 4.69) is 5.32 Å². The number of amides is 1. The van der Waals surface area contributed by atoms with E-state index >= 15 is 0 Å². The molecule has 1 aliphatic rings. The molecule has 0 bridgehead atoms. The normalized spacial score (nSPS) is 20.7. The third kappa shape index (κ3) is 3.18. The number of rotatable bonds is 6. The van der Waals surface area contributed by atoms with Gasteiger partial charge in [-0.15, -0.1) is 0 Å². The summed E-state index contributed by atoms with van der Waals surface area (Å²) in [6, 6.07) is 9.19. The molecule has 0 aliphatic heterocycles. The molecule has 1 aliphatic carbocycles. The Hall–Kier alpha value is -2.43. The van der Waals surface area contributed by atoms with E-state index in [9.17, 15) is 4.79 Å². The lowest BCUT2D eigenvalue weighted by Crippen LogP contribution is -2.28.